The van der Waals surface area contributed by atoms with E-state index in [1.807, 2.05) is 24.3 Å². The fourth-order valence-corrected chi connectivity index (χ4v) is 7.26. The molecule has 0 aliphatic carbocycles. The number of allylic oxidation sites excluding steroid dienone is 1. The van der Waals surface area contributed by atoms with Crippen molar-refractivity contribution in [3.8, 4) is 11.8 Å². The van der Waals surface area contributed by atoms with E-state index in [2.05, 4.69) is 75.1 Å². The number of ether oxygens (including phenoxy) is 1. The van der Waals surface area contributed by atoms with Crippen molar-refractivity contribution in [3.63, 3.8) is 0 Å². The van der Waals surface area contributed by atoms with E-state index in [-0.39, 0.29) is 18.3 Å². The maximum atomic E-state index is 10.2. The van der Waals surface area contributed by atoms with Crippen molar-refractivity contribution in [2.24, 2.45) is 0 Å². The number of hydrogen-bond acceptors (Lipinski definition) is 7. The summed E-state index contributed by atoms with van der Waals surface area (Å²) in [4.78, 5) is 7.30. The Morgan fingerprint density at radius 3 is 2.49 bits per heavy atom. The van der Waals surface area contributed by atoms with Gasteiger partial charge in [0.15, 0.2) is 0 Å². The Morgan fingerprint density at radius 2 is 1.77 bits per heavy atom. The lowest BCUT2D eigenvalue weighted by molar-refractivity contribution is 0.00578. The van der Waals surface area contributed by atoms with Crippen LogP contribution in [0, 0.1) is 11.3 Å². The van der Waals surface area contributed by atoms with E-state index in [1.54, 1.807) is 11.3 Å². The Bertz CT molecular complexity index is 1720. The number of fused-ring (bicyclic) bond motifs is 1. The highest BCUT2D eigenvalue weighted by Gasteiger charge is 2.51. The minimum atomic E-state index is -0.389. The number of benzene rings is 3. The average molecular weight is 590 g/mol. The zero-order valence-corrected chi connectivity index (χ0v) is 26.1. The van der Waals surface area contributed by atoms with Crippen LogP contribution in [0.15, 0.2) is 54.6 Å². The molecule has 3 aliphatic rings. The summed E-state index contributed by atoms with van der Waals surface area (Å²) in [6, 6.07) is 21.0. The van der Waals surface area contributed by atoms with Crippen LogP contribution in [0.1, 0.15) is 67.8 Å². The van der Waals surface area contributed by atoms with Crippen LogP contribution in [0.4, 0.5) is 5.69 Å². The van der Waals surface area contributed by atoms with Gasteiger partial charge >= 0.3 is 7.12 Å². The average Bonchev–Trinajstić information content (AvgIpc) is 3.52. The highest BCUT2D eigenvalue weighted by Crippen LogP contribution is 2.44. The molecule has 0 radical (unpaired) electrons. The van der Waals surface area contributed by atoms with Gasteiger partial charge in [-0.25, -0.2) is 4.98 Å². The number of hydrogen-bond donors (Lipinski definition) is 0. The first-order valence-corrected chi connectivity index (χ1v) is 16.0. The molecule has 0 amide bonds. The predicted molar refractivity (Wildman–Crippen MR) is 175 cm³/mol. The van der Waals surface area contributed by atoms with E-state index in [0.717, 1.165) is 76.3 Å². The van der Waals surface area contributed by atoms with E-state index in [4.69, 9.17) is 19.0 Å². The largest absolute Gasteiger partial charge is 0.494 e. The number of nitrogens with zero attached hydrogens (tertiary/aromatic N) is 3. The van der Waals surface area contributed by atoms with E-state index < -0.39 is 0 Å². The van der Waals surface area contributed by atoms with Crippen LogP contribution in [0.3, 0.4) is 0 Å². The maximum absolute atomic E-state index is 10.2. The van der Waals surface area contributed by atoms with Gasteiger partial charge in [0.2, 0.25) is 0 Å². The normalized spacial score (nSPS) is 18.9. The Labute approximate surface area is 258 Å². The molecule has 1 fully saturated rings. The predicted octanol–water partition coefficient (Wildman–Crippen LogP) is 6.94. The molecule has 7 rings (SSSR count). The molecule has 0 atom stereocenters. The van der Waals surface area contributed by atoms with Crippen molar-refractivity contribution in [1.82, 2.24) is 4.98 Å². The molecule has 1 saturated heterocycles. The van der Waals surface area contributed by atoms with Gasteiger partial charge in [-0.15, -0.1) is 11.3 Å². The van der Waals surface area contributed by atoms with Crippen LogP contribution in [-0.2, 0) is 28.8 Å². The van der Waals surface area contributed by atoms with Gasteiger partial charge in [-0.2, -0.15) is 5.26 Å². The molecule has 3 aliphatic heterocycles. The molecular weight excluding hydrogens is 553 g/mol. The molecule has 0 spiro atoms. The molecular formula is C35H36BN3O3S. The second-order valence-corrected chi connectivity index (χ2v) is 13.8. The molecule has 6 nitrogen and oxygen atoms in total. The summed E-state index contributed by atoms with van der Waals surface area (Å²) in [6.45, 7) is 10.9. The topological polar surface area (TPSA) is 67.6 Å². The summed E-state index contributed by atoms with van der Waals surface area (Å²) in [5, 5.41) is 11.0. The standard InChI is InChI=1S/C35H36BN3O3S/c1-34(2)35(3,4)42-36(41-34)27-15-13-23(14-16-27)22-40-32-25(19-24-9-7-17-39-18-8-10-28(32)31(24)39)20-26(21-37)33-38-29-11-5-6-12-30(29)43-33/h5-6,11-16,19-20H,7-10,17-18,22H2,1-4H3/b26-20+. The van der Waals surface area contributed by atoms with Gasteiger partial charge in [-0.3, -0.25) is 0 Å². The van der Waals surface area contributed by atoms with Crippen LogP contribution in [-0.4, -0.2) is 36.4 Å². The van der Waals surface area contributed by atoms with Crippen LogP contribution < -0.4 is 15.1 Å². The van der Waals surface area contributed by atoms with Crippen molar-refractivity contribution in [2.75, 3.05) is 18.0 Å². The molecule has 0 bridgehead atoms. The minimum Gasteiger partial charge on any atom is -0.488 e. The molecule has 218 valence electrons. The number of thiazole rings is 1. The molecule has 1 aromatic heterocycles. The van der Waals surface area contributed by atoms with Crippen LogP contribution in [0.5, 0.6) is 5.75 Å². The summed E-state index contributed by atoms with van der Waals surface area (Å²) in [7, 11) is -0.389. The number of rotatable bonds is 6. The summed E-state index contributed by atoms with van der Waals surface area (Å²) in [5.74, 6) is 0.884. The maximum Gasteiger partial charge on any atom is 0.494 e. The summed E-state index contributed by atoms with van der Waals surface area (Å²) < 4.78 is 20.3. The van der Waals surface area contributed by atoms with Crippen LogP contribution in [0.2, 0.25) is 0 Å². The second kappa shape index (κ2) is 10.8. The molecule has 0 unspecified atom stereocenters. The number of para-hydroxylation sites is 1. The first-order valence-electron chi connectivity index (χ1n) is 15.2. The summed E-state index contributed by atoms with van der Waals surface area (Å²) >= 11 is 1.56. The van der Waals surface area contributed by atoms with Gasteiger partial charge < -0.3 is 18.9 Å². The first-order chi connectivity index (χ1) is 20.7. The lowest BCUT2D eigenvalue weighted by Crippen LogP contribution is -2.41. The van der Waals surface area contributed by atoms with Gasteiger partial charge in [0.1, 0.15) is 23.4 Å². The van der Waals surface area contributed by atoms with E-state index >= 15 is 0 Å². The Kier molecular flexibility index (Phi) is 7.08. The Hall–Kier alpha value is -3.64. The van der Waals surface area contributed by atoms with Crippen molar-refractivity contribution in [1.29, 1.82) is 5.26 Å². The lowest BCUT2D eigenvalue weighted by atomic mass is 9.79. The Morgan fingerprint density at radius 1 is 1.05 bits per heavy atom. The van der Waals surface area contributed by atoms with Gasteiger partial charge in [-0.05, 0) is 94.2 Å². The lowest BCUT2D eigenvalue weighted by Gasteiger charge is -2.38. The molecule has 8 heteroatoms. The zero-order chi connectivity index (χ0) is 29.8. The number of anilines is 1. The van der Waals surface area contributed by atoms with Crippen molar-refractivity contribution in [2.45, 2.75) is 71.2 Å². The fraction of sp³-hybridized carbons (Fsp3) is 0.371. The molecule has 4 heterocycles. The Balaban J connectivity index is 1.22. The first kappa shape index (κ1) is 28.2. The van der Waals surface area contributed by atoms with E-state index in [1.165, 1.54) is 16.8 Å². The summed E-state index contributed by atoms with van der Waals surface area (Å²) in [6.07, 6.45) is 6.25. The highest BCUT2D eigenvalue weighted by atomic mass is 32.1. The number of nitriles is 1. The van der Waals surface area contributed by atoms with Crippen LogP contribution in [0.25, 0.3) is 21.9 Å². The van der Waals surface area contributed by atoms with Gasteiger partial charge in [0.05, 0.1) is 27.0 Å². The fourth-order valence-electron chi connectivity index (χ4n) is 6.32. The monoisotopic (exact) mass is 589 g/mol. The minimum absolute atomic E-state index is 0.376. The SMILES string of the molecule is CC1(C)OB(c2ccc(COc3c(/C=C(\C#N)c4nc5ccccc5s4)cc4c5c3CCCN5CCC4)cc2)OC1(C)C. The molecule has 3 aromatic carbocycles. The van der Waals surface area contributed by atoms with Gasteiger partial charge in [0, 0.05) is 29.9 Å². The molecule has 0 saturated carbocycles. The third kappa shape index (κ3) is 5.14. The van der Waals surface area contributed by atoms with Crippen molar-refractivity contribution < 1.29 is 14.0 Å². The molecule has 43 heavy (non-hydrogen) atoms. The number of aromatic nitrogens is 1. The smallest absolute Gasteiger partial charge is 0.488 e. The zero-order valence-electron chi connectivity index (χ0n) is 25.3. The quantitative estimate of drug-likeness (QED) is 0.179. The van der Waals surface area contributed by atoms with Gasteiger partial charge in [-0.1, -0.05) is 36.4 Å². The summed E-state index contributed by atoms with van der Waals surface area (Å²) in [5.41, 5.74) is 7.73. The second-order valence-electron chi connectivity index (χ2n) is 12.8. The molecule has 4 aromatic rings. The third-order valence-electron chi connectivity index (χ3n) is 9.33. The van der Waals surface area contributed by atoms with E-state index in [0.29, 0.717) is 12.2 Å². The van der Waals surface area contributed by atoms with Crippen molar-refractivity contribution in [3.05, 3.63) is 81.9 Å². The van der Waals surface area contributed by atoms with Gasteiger partial charge in [0.25, 0.3) is 0 Å². The van der Waals surface area contributed by atoms with Crippen molar-refractivity contribution >= 4 is 51.5 Å². The van der Waals surface area contributed by atoms with E-state index in [9.17, 15) is 5.26 Å². The molecule has 0 N–H and O–H groups in total. The third-order valence-corrected chi connectivity index (χ3v) is 10.4. The highest BCUT2D eigenvalue weighted by molar-refractivity contribution is 7.19. The van der Waals surface area contributed by atoms with Crippen LogP contribution >= 0.6 is 11.3 Å². The number of aryl methyl sites for hydroxylation is 1.